The maximum atomic E-state index is 12.5. The fourth-order valence-electron chi connectivity index (χ4n) is 2.81. The second-order valence-corrected chi connectivity index (χ2v) is 8.29. The molecule has 0 spiro atoms. The summed E-state index contributed by atoms with van der Waals surface area (Å²) in [6.45, 7) is 0.194. The molecular formula is C16H15Cl2N3O3S. The number of hydrogen-bond donors (Lipinski definition) is 2. The van der Waals surface area contributed by atoms with Crippen molar-refractivity contribution in [3.63, 3.8) is 0 Å². The molecule has 3 rings (SSSR count). The Labute approximate surface area is 159 Å². The van der Waals surface area contributed by atoms with Crippen LogP contribution in [-0.2, 0) is 4.79 Å². The number of rotatable bonds is 4. The number of carbonyl (C=O) groups excluding carboxylic acids is 1. The van der Waals surface area contributed by atoms with Crippen LogP contribution in [0.15, 0.2) is 23.1 Å². The molecule has 2 atom stereocenters. The van der Waals surface area contributed by atoms with E-state index in [0.717, 1.165) is 4.90 Å². The maximum absolute atomic E-state index is 12.5. The van der Waals surface area contributed by atoms with Crippen LogP contribution in [0.5, 0.6) is 0 Å². The molecule has 2 fully saturated rings. The molecule has 0 bridgehead atoms. The van der Waals surface area contributed by atoms with Gasteiger partial charge in [-0.2, -0.15) is 5.26 Å². The van der Waals surface area contributed by atoms with Crippen molar-refractivity contribution >= 4 is 47.0 Å². The van der Waals surface area contributed by atoms with E-state index >= 15 is 0 Å². The van der Waals surface area contributed by atoms with Crippen LogP contribution in [-0.4, -0.2) is 45.4 Å². The number of thioether (sulfide) groups is 1. The van der Waals surface area contributed by atoms with Gasteiger partial charge < -0.3 is 10.4 Å². The smallest absolute Gasteiger partial charge is 0.408 e. The summed E-state index contributed by atoms with van der Waals surface area (Å²) in [7, 11) is 0. The van der Waals surface area contributed by atoms with Crippen LogP contribution in [0.3, 0.4) is 0 Å². The van der Waals surface area contributed by atoms with Crippen LogP contribution >= 0.6 is 35.0 Å². The van der Waals surface area contributed by atoms with Crippen molar-refractivity contribution in [1.82, 2.24) is 10.2 Å². The van der Waals surface area contributed by atoms with Gasteiger partial charge in [-0.1, -0.05) is 29.3 Å². The monoisotopic (exact) mass is 399 g/mol. The number of nitrogens with zero attached hydrogens (tertiary/aromatic N) is 2. The second kappa shape index (κ2) is 6.94. The van der Waals surface area contributed by atoms with Crippen LogP contribution < -0.4 is 5.32 Å². The van der Waals surface area contributed by atoms with Crippen LogP contribution in [0.2, 0.25) is 10.0 Å². The highest BCUT2D eigenvalue weighted by molar-refractivity contribution is 8.00. The van der Waals surface area contributed by atoms with Crippen molar-refractivity contribution in [3.8, 4) is 6.07 Å². The summed E-state index contributed by atoms with van der Waals surface area (Å²) in [4.78, 5) is 25.8. The molecule has 1 aromatic carbocycles. The Kier molecular flexibility index (Phi) is 5.05. The first-order valence-electron chi connectivity index (χ1n) is 7.69. The fraction of sp³-hybridized carbons (Fsp3) is 0.438. The Morgan fingerprint density at radius 3 is 2.52 bits per heavy atom. The minimum absolute atomic E-state index is 0.151. The number of benzene rings is 1. The molecule has 6 nitrogen and oxygen atoms in total. The molecule has 1 saturated heterocycles. The third-order valence-corrected chi connectivity index (χ3v) is 6.55. The second-order valence-electron chi connectivity index (χ2n) is 6.16. The van der Waals surface area contributed by atoms with Gasteiger partial charge in [0.2, 0.25) is 5.91 Å². The zero-order valence-electron chi connectivity index (χ0n) is 13.0. The van der Waals surface area contributed by atoms with Crippen molar-refractivity contribution < 1.29 is 14.7 Å². The summed E-state index contributed by atoms with van der Waals surface area (Å²) in [5, 5.41) is 22.0. The molecule has 2 N–H and O–H groups in total. The zero-order chi connectivity index (χ0) is 18.2. The summed E-state index contributed by atoms with van der Waals surface area (Å²) in [5.41, 5.74) is -0.821. The van der Waals surface area contributed by atoms with E-state index in [1.165, 1.54) is 11.8 Å². The summed E-state index contributed by atoms with van der Waals surface area (Å²) >= 11 is 13.7. The molecule has 2 amide bonds. The lowest BCUT2D eigenvalue weighted by Crippen LogP contribution is -2.49. The summed E-state index contributed by atoms with van der Waals surface area (Å²) in [6.07, 6.45) is 0.381. The number of carboxylic acid groups (broad SMARTS) is 1. The van der Waals surface area contributed by atoms with E-state index < -0.39 is 23.6 Å². The largest absolute Gasteiger partial charge is 0.465 e. The summed E-state index contributed by atoms with van der Waals surface area (Å²) in [6, 6.07) is 6.43. The van der Waals surface area contributed by atoms with E-state index in [9.17, 15) is 14.7 Å². The van der Waals surface area contributed by atoms with Crippen LogP contribution in [0.25, 0.3) is 0 Å². The molecule has 2 aliphatic rings. The third-order valence-electron chi connectivity index (χ3n) is 4.34. The molecule has 9 heteroatoms. The van der Waals surface area contributed by atoms with E-state index in [2.05, 4.69) is 11.4 Å². The predicted molar refractivity (Wildman–Crippen MR) is 95.0 cm³/mol. The van der Waals surface area contributed by atoms with Gasteiger partial charge in [0.15, 0.2) is 0 Å². The molecule has 1 heterocycles. The van der Waals surface area contributed by atoms with Gasteiger partial charge in [-0.3, -0.25) is 9.69 Å². The van der Waals surface area contributed by atoms with Crippen molar-refractivity contribution in [2.45, 2.75) is 41.0 Å². The van der Waals surface area contributed by atoms with Gasteiger partial charge in [-0.05, 0) is 31.4 Å². The number of likely N-dealkylation sites (tertiary alicyclic amines) is 1. The number of halogens is 2. The first-order valence-corrected chi connectivity index (χ1v) is 9.32. The lowest BCUT2D eigenvalue weighted by atomic mass is 10.2. The number of nitrogens with one attached hydrogen (secondary N) is 1. The molecule has 0 radical (unpaired) electrons. The van der Waals surface area contributed by atoms with E-state index in [-0.39, 0.29) is 11.8 Å². The standard InChI is InChI=1S/C16H15Cl2N3O3S/c17-10-2-1-3-11(18)13(10)25-9-6-12(21(7-9)15(23)24)14(22)20-16(8-19)4-5-16/h1-3,9,12H,4-7H2,(H,20,22)(H,23,24)/t9-,12+/m1/s1. The molecule has 0 aromatic heterocycles. The quantitative estimate of drug-likeness (QED) is 0.808. The van der Waals surface area contributed by atoms with Crippen molar-refractivity contribution in [2.24, 2.45) is 0 Å². The Morgan fingerprint density at radius 2 is 2.00 bits per heavy atom. The molecule has 132 valence electrons. The van der Waals surface area contributed by atoms with Crippen molar-refractivity contribution in [1.29, 1.82) is 5.26 Å². The lowest BCUT2D eigenvalue weighted by Gasteiger charge is -2.21. The van der Waals surface area contributed by atoms with Gasteiger partial charge >= 0.3 is 6.09 Å². The van der Waals surface area contributed by atoms with Crippen LogP contribution in [0.4, 0.5) is 4.79 Å². The molecule has 25 heavy (non-hydrogen) atoms. The molecule has 1 aliphatic heterocycles. The molecule has 1 saturated carbocycles. The topological polar surface area (TPSA) is 93.4 Å². The summed E-state index contributed by atoms with van der Waals surface area (Å²) in [5.74, 6) is -0.421. The average Bonchev–Trinajstić information content (AvgIpc) is 3.19. The zero-order valence-corrected chi connectivity index (χ0v) is 15.4. The maximum Gasteiger partial charge on any atom is 0.408 e. The van der Waals surface area contributed by atoms with Gasteiger partial charge in [0.25, 0.3) is 0 Å². The van der Waals surface area contributed by atoms with Gasteiger partial charge in [0.05, 0.1) is 16.1 Å². The molecule has 0 unspecified atom stereocenters. The Hall–Kier alpha value is -1.62. The van der Waals surface area contributed by atoms with E-state index in [1.54, 1.807) is 18.2 Å². The van der Waals surface area contributed by atoms with Gasteiger partial charge in [0.1, 0.15) is 11.6 Å². The minimum atomic E-state index is -1.16. The van der Waals surface area contributed by atoms with Gasteiger partial charge in [0, 0.05) is 16.7 Å². The first-order chi connectivity index (χ1) is 11.8. The number of hydrogen-bond acceptors (Lipinski definition) is 4. The Balaban J connectivity index is 1.73. The normalized spacial score (nSPS) is 23.8. The molecule has 1 aliphatic carbocycles. The van der Waals surface area contributed by atoms with Gasteiger partial charge in [-0.25, -0.2) is 4.79 Å². The molecular weight excluding hydrogens is 385 g/mol. The van der Waals surface area contributed by atoms with Crippen LogP contribution in [0.1, 0.15) is 19.3 Å². The van der Waals surface area contributed by atoms with E-state index in [0.29, 0.717) is 34.2 Å². The SMILES string of the molecule is N#CC1(NC(=O)[C@@H]2C[C@@H](Sc3c(Cl)cccc3Cl)CN2C(=O)O)CC1. The summed E-state index contributed by atoms with van der Waals surface area (Å²) < 4.78 is 0. The average molecular weight is 400 g/mol. The number of nitriles is 1. The van der Waals surface area contributed by atoms with Gasteiger partial charge in [-0.15, -0.1) is 11.8 Å². The highest BCUT2D eigenvalue weighted by Crippen LogP contribution is 2.41. The Morgan fingerprint density at radius 1 is 1.36 bits per heavy atom. The van der Waals surface area contributed by atoms with E-state index in [4.69, 9.17) is 28.5 Å². The minimum Gasteiger partial charge on any atom is -0.465 e. The fourth-order valence-corrected chi connectivity index (χ4v) is 4.69. The first kappa shape index (κ1) is 18.2. The highest BCUT2D eigenvalue weighted by Gasteiger charge is 2.48. The number of amides is 2. The third kappa shape index (κ3) is 3.81. The van der Waals surface area contributed by atoms with Crippen molar-refractivity contribution in [3.05, 3.63) is 28.2 Å². The Bertz CT molecular complexity index is 743. The lowest BCUT2D eigenvalue weighted by molar-refractivity contribution is -0.125. The molecule has 1 aromatic rings. The van der Waals surface area contributed by atoms with Crippen LogP contribution in [0, 0.1) is 11.3 Å². The highest BCUT2D eigenvalue weighted by atomic mass is 35.5. The van der Waals surface area contributed by atoms with E-state index in [1.807, 2.05) is 0 Å². The number of carbonyl (C=O) groups is 2. The van der Waals surface area contributed by atoms with Crippen molar-refractivity contribution in [2.75, 3.05) is 6.54 Å². The predicted octanol–water partition coefficient (Wildman–Crippen LogP) is 3.38.